The molecule has 1 aliphatic carbocycles. The summed E-state index contributed by atoms with van der Waals surface area (Å²) in [5.41, 5.74) is 13.6. The number of fused-ring (bicyclic) bond motifs is 6. The largest absolute Gasteiger partial charge is 0.308 e. The highest BCUT2D eigenvalue weighted by Crippen LogP contribution is 2.51. The van der Waals surface area contributed by atoms with Gasteiger partial charge in [-0.2, -0.15) is 0 Å². The van der Waals surface area contributed by atoms with Crippen LogP contribution in [0.3, 0.4) is 0 Å². The van der Waals surface area contributed by atoms with E-state index in [2.05, 4.69) is 152 Å². The van der Waals surface area contributed by atoms with Crippen LogP contribution in [-0.4, -0.2) is 19.5 Å². The lowest BCUT2D eigenvalue weighted by molar-refractivity contribution is 0.661. The van der Waals surface area contributed by atoms with Gasteiger partial charge in [-0.1, -0.05) is 153 Å². The summed E-state index contributed by atoms with van der Waals surface area (Å²) in [6.07, 6.45) is 0. The van der Waals surface area contributed by atoms with Gasteiger partial charge in [0.25, 0.3) is 0 Å². The van der Waals surface area contributed by atoms with Crippen LogP contribution >= 0.6 is 0 Å². The van der Waals surface area contributed by atoms with E-state index in [0.29, 0.717) is 17.5 Å². The Balaban J connectivity index is 1.30. The molecule has 0 radical (unpaired) electrons. The third-order valence-corrected chi connectivity index (χ3v) is 10.7. The summed E-state index contributed by atoms with van der Waals surface area (Å²) in [7, 11) is 0. The van der Waals surface area contributed by atoms with Crippen LogP contribution in [0.2, 0.25) is 0 Å². The van der Waals surface area contributed by atoms with E-state index in [0.717, 1.165) is 44.5 Å². The van der Waals surface area contributed by atoms with Gasteiger partial charge in [0, 0.05) is 32.9 Å². The molecule has 7 aromatic carbocycles. The van der Waals surface area contributed by atoms with Gasteiger partial charge in [0.05, 0.1) is 16.7 Å². The average molecular weight is 667 g/mol. The van der Waals surface area contributed by atoms with Gasteiger partial charge in [0.15, 0.2) is 17.5 Å². The maximum Gasteiger partial charge on any atom is 0.166 e. The molecule has 0 fully saturated rings. The van der Waals surface area contributed by atoms with E-state index < -0.39 is 0 Å². The molecule has 4 nitrogen and oxygen atoms in total. The summed E-state index contributed by atoms with van der Waals surface area (Å²) >= 11 is 0. The molecule has 0 saturated heterocycles. The Morgan fingerprint density at radius 2 is 0.962 bits per heavy atom. The minimum Gasteiger partial charge on any atom is -0.308 e. The zero-order valence-electron chi connectivity index (χ0n) is 29.0. The van der Waals surface area contributed by atoms with Gasteiger partial charge in [0.2, 0.25) is 0 Å². The first kappa shape index (κ1) is 30.2. The molecule has 0 unspecified atom stereocenters. The minimum atomic E-state index is -0.139. The number of hydrogen-bond donors (Lipinski definition) is 0. The first-order valence-electron chi connectivity index (χ1n) is 17.8. The van der Waals surface area contributed by atoms with Crippen LogP contribution in [0, 0.1) is 0 Å². The summed E-state index contributed by atoms with van der Waals surface area (Å²) in [6.45, 7) is 4.69. The van der Waals surface area contributed by atoms with Crippen molar-refractivity contribution < 1.29 is 0 Å². The van der Waals surface area contributed by atoms with Crippen LogP contribution in [-0.2, 0) is 5.41 Å². The average Bonchev–Trinajstić information content (AvgIpc) is 3.65. The predicted molar refractivity (Wildman–Crippen MR) is 213 cm³/mol. The molecule has 0 saturated carbocycles. The highest BCUT2D eigenvalue weighted by atomic mass is 15.1. The molecule has 0 N–H and O–H groups in total. The van der Waals surface area contributed by atoms with E-state index in [9.17, 15) is 0 Å². The van der Waals surface area contributed by atoms with E-state index >= 15 is 0 Å². The second kappa shape index (κ2) is 11.7. The van der Waals surface area contributed by atoms with Crippen molar-refractivity contribution in [2.24, 2.45) is 0 Å². The maximum atomic E-state index is 5.20. The van der Waals surface area contributed by atoms with E-state index in [-0.39, 0.29) is 5.41 Å². The number of para-hydroxylation sites is 1. The van der Waals surface area contributed by atoms with Crippen molar-refractivity contribution in [1.29, 1.82) is 0 Å². The number of hydrogen-bond acceptors (Lipinski definition) is 3. The van der Waals surface area contributed by atoms with Gasteiger partial charge >= 0.3 is 0 Å². The van der Waals surface area contributed by atoms with Crippen molar-refractivity contribution >= 4 is 21.8 Å². The van der Waals surface area contributed by atoms with Gasteiger partial charge in [-0.05, 0) is 63.7 Å². The van der Waals surface area contributed by atoms with Crippen molar-refractivity contribution in [1.82, 2.24) is 19.5 Å². The van der Waals surface area contributed by atoms with Crippen molar-refractivity contribution in [3.8, 4) is 62.1 Å². The maximum absolute atomic E-state index is 5.20. The lowest BCUT2D eigenvalue weighted by Crippen LogP contribution is -2.15. The second-order valence-electron chi connectivity index (χ2n) is 14.1. The van der Waals surface area contributed by atoms with Gasteiger partial charge in [-0.25, -0.2) is 15.0 Å². The van der Waals surface area contributed by atoms with Crippen molar-refractivity contribution in [3.63, 3.8) is 0 Å². The molecule has 0 spiro atoms. The molecule has 2 heterocycles. The Morgan fingerprint density at radius 1 is 0.385 bits per heavy atom. The predicted octanol–water partition coefficient (Wildman–Crippen LogP) is 11.9. The van der Waals surface area contributed by atoms with Crippen molar-refractivity contribution in [3.05, 3.63) is 181 Å². The summed E-state index contributed by atoms with van der Waals surface area (Å²) in [4.78, 5) is 15.4. The number of benzene rings is 7. The Morgan fingerprint density at radius 3 is 1.65 bits per heavy atom. The molecule has 0 bridgehead atoms. The fraction of sp³-hybridized carbons (Fsp3) is 0.0625. The summed E-state index contributed by atoms with van der Waals surface area (Å²) in [6, 6.07) is 60.1. The highest BCUT2D eigenvalue weighted by molar-refractivity contribution is 6.12. The molecule has 9 aromatic rings. The third kappa shape index (κ3) is 4.72. The molecule has 0 aliphatic heterocycles. The molecular weight excluding hydrogens is 633 g/mol. The lowest BCUT2D eigenvalue weighted by atomic mass is 9.82. The topological polar surface area (TPSA) is 43.6 Å². The summed E-state index contributed by atoms with van der Waals surface area (Å²) < 4.78 is 2.43. The standard InChI is InChI=1S/C48H34N4/c1-48(2)40-24-14-12-22-35(40)38-29-39-36-23-13-15-25-42(36)52(44(39)30-41(38)48)43-28-34(31-16-6-3-7-17-31)26-27-37(43)47-50-45(32-18-8-4-9-19-32)49-46(51-47)33-20-10-5-11-21-33/h3-30H,1-2H3. The fourth-order valence-corrected chi connectivity index (χ4v) is 8.07. The van der Waals surface area contributed by atoms with E-state index in [1.54, 1.807) is 0 Å². The Kier molecular flexibility index (Phi) is 6.80. The number of rotatable bonds is 5. The highest BCUT2D eigenvalue weighted by Gasteiger charge is 2.36. The van der Waals surface area contributed by atoms with E-state index in [1.165, 1.54) is 33.0 Å². The molecule has 2 aromatic heterocycles. The summed E-state index contributed by atoms with van der Waals surface area (Å²) in [5.74, 6) is 1.91. The van der Waals surface area contributed by atoms with Gasteiger partial charge < -0.3 is 4.57 Å². The Labute approximate surface area is 302 Å². The van der Waals surface area contributed by atoms with Crippen LogP contribution in [0.5, 0.6) is 0 Å². The van der Waals surface area contributed by atoms with Crippen molar-refractivity contribution in [2.75, 3.05) is 0 Å². The molecule has 52 heavy (non-hydrogen) atoms. The smallest absolute Gasteiger partial charge is 0.166 e. The van der Waals surface area contributed by atoms with E-state index in [1.807, 2.05) is 36.4 Å². The van der Waals surface area contributed by atoms with Gasteiger partial charge in [0.1, 0.15) is 0 Å². The first-order valence-corrected chi connectivity index (χ1v) is 17.8. The Hall–Kier alpha value is -6.65. The molecule has 0 atom stereocenters. The minimum absolute atomic E-state index is 0.139. The van der Waals surface area contributed by atoms with Crippen LogP contribution in [0.25, 0.3) is 83.9 Å². The fourth-order valence-electron chi connectivity index (χ4n) is 8.07. The zero-order chi connectivity index (χ0) is 34.8. The van der Waals surface area contributed by atoms with Crippen LogP contribution in [0.4, 0.5) is 0 Å². The zero-order valence-corrected chi connectivity index (χ0v) is 29.0. The second-order valence-corrected chi connectivity index (χ2v) is 14.1. The van der Waals surface area contributed by atoms with Crippen LogP contribution in [0.1, 0.15) is 25.0 Å². The molecule has 0 amide bonds. The number of aromatic nitrogens is 4. The lowest BCUT2D eigenvalue weighted by Gasteiger charge is -2.22. The molecule has 10 rings (SSSR count). The van der Waals surface area contributed by atoms with Gasteiger partial charge in [-0.15, -0.1) is 0 Å². The Bertz CT molecular complexity index is 2740. The molecule has 4 heteroatoms. The molecule has 1 aliphatic rings. The third-order valence-electron chi connectivity index (χ3n) is 10.7. The number of nitrogens with zero attached hydrogens (tertiary/aromatic N) is 4. The SMILES string of the molecule is CC1(C)c2ccccc2-c2cc3c4ccccc4n(-c4cc(-c5ccccc5)ccc4-c4nc(-c5ccccc5)nc(-c5ccccc5)n4)c3cc21. The summed E-state index contributed by atoms with van der Waals surface area (Å²) in [5, 5.41) is 2.44. The van der Waals surface area contributed by atoms with E-state index in [4.69, 9.17) is 15.0 Å². The normalized spacial score (nSPS) is 13.0. The quantitative estimate of drug-likeness (QED) is 0.184. The van der Waals surface area contributed by atoms with Crippen LogP contribution in [0.15, 0.2) is 170 Å². The van der Waals surface area contributed by atoms with Gasteiger partial charge in [-0.3, -0.25) is 0 Å². The van der Waals surface area contributed by atoms with Crippen molar-refractivity contribution in [2.45, 2.75) is 19.3 Å². The molecule has 246 valence electrons. The first-order chi connectivity index (χ1) is 25.5. The van der Waals surface area contributed by atoms with Crippen LogP contribution < -0.4 is 0 Å². The molecular formula is C48H34N4. The monoisotopic (exact) mass is 666 g/mol.